The number of nitrogens with zero attached hydrogens (tertiary/aromatic N) is 1. The first-order valence-corrected chi connectivity index (χ1v) is 9.30. The van der Waals surface area contributed by atoms with Gasteiger partial charge in [-0.3, -0.25) is 4.79 Å². The molecule has 4 heteroatoms. The Bertz CT molecular complexity index is 560. The van der Waals surface area contributed by atoms with Crippen molar-refractivity contribution in [3.8, 4) is 0 Å². The lowest BCUT2D eigenvalue weighted by Gasteiger charge is -2.39. The van der Waals surface area contributed by atoms with Crippen molar-refractivity contribution in [2.45, 2.75) is 64.5 Å². The Labute approximate surface area is 145 Å². The summed E-state index contributed by atoms with van der Waals surface area (Å²) in [5.41, 5.74) is 2.05. The number of anilines is 1. The van der Waals surface area contributed by atoms with Crippen molar-refractivity contribution in [1.82, 2.24) is 5.32 Å². The molecule has 1 atom stereocenters. The number of benzene rings is 1. The minimum absolute atomic E-state index is 0.0376. The van der Waals surface area contributed by atoms with Gasteiger partial charge < -0.3 is 15.3 Å². The molecule has 0 radical (unpaired) electrons. The lowest BCUT2D eigenvalue weighted by atomic mass is 9.73. The summed E-state index contributed by atoms with van der Waals surface area (Å²) in [6.07, 6.45) is 6.19. The standard InChI is InChI=1S/C20H30N2O2/c1-20(2)12-4-3-5-18(20)21-19(24)15-6-8-16(9-7-15)22-13-10-17(23)11-14-22/h6-9,17-18,23H,3-5,10-14H2,1-2H3,(H,21,24). The highest BCUT2D eigenvalue weighted by Gasteiger charge is 2.33. The monoisotopic (exact) mass is 330 g/mol. The van der Waals surface area contributed by atoms with Crippen molar-refractivity contribution < 1.29 is 9.90 Å². The van der Waals surface area contributed by atoms with Crippen LogP contribution in [0.1, 0.15) is 62.7 Å². The first-order valence-electron chi connectivity index (χ1n) is 9.30. The third-order valence-electron chi connectivity index (χ3n) is 5.77. The first-order chi connectivity index (χ1) is 11.5. The number of hydrogen-bond donors (Lipinski definition) is 2. The molecule has 1 heterocycles. The predicted octanol–water partition coefficient (Wildman–Crippen LogP) is 3.35. The number of nitrogens with one attached hydrogen (secondary N) is 1. The van der Waals surface area contributed by atoms with Crippen molar-refractivity contribution in [2.75, 3.05) is 18.0 Å². The number of carbonyl (C=O) groups is 1. The molecule has 1 saturated carbocycles. The van der Waals surface area contributed by atoms with E-state index in [0.717, 1.165) is 43.6 Å². The second-order valence-electron chi connectivity index (χ2n) is 8.03. The minimum atomic E-state index is -0.162. The van der Waals surface area contributed by atoms with Gasteiger partial charge in [-0.05, 0) is 55.4 Å². The maximum absolute atomic E-state index is 12.6. The molecule has 4 nitrogen and oxygen atoms in total. The van der Waals surface area contributed by atoms with E-state index in [4.69, 9.17) is 0 Å². The fourth-order valence-corrected chi connectivity index (χ4v) is 3.95. The molecule has 3 rings (SSSR count). The van der Waals surface area contributed by atoms with Crippen LogP contribution in [0.25, 0.3) is 0 Å². The maximum atomic E-state index is 12.6. The Balaban J connectivity index is 1.61. The van der Waals surface area contributed by atoms with Gasteiger partial charge in [-0.2, -0.15) is 0 Å². The third kappa shape index (κ3) is 3.92. The topological polar surface area (TPSA) is 52.6 Å². The van der Waals surface area contributed by atoms with Crippen LogP contribution in [0, 0.1) is 5.41 Å². The molecule has 24 heavy (non-hydrogen) atoms. The number of aliphatic hydroxyl groups excluding tert-OH is 1. The normalized spacial score (nSPS) is 24.6. The predicted molar refractivity (Wildman–Crippen MR) is 97.4 cm³/mol. The summed E-state index contributed by atoms with van der Waals surface area (Å²) < 4.78 is 0. The Morgan fingerprint density at radius 1 is 1.12 bits per heavy atom. The molecule has 1 amide bonds. The second-order valence-corrected chi connectivity index (χ2v) is 8.03. The summed E-state index contributed by atoms with van der Waals surface area (Å²) in [7, 11) is 0. The van der Waals surface area contributed by atoms with Crippen LogP contribution < -0.4 is 10.2 Å². The van der Waals surface area contributed by atoms with Gasteiger partial charge in [0.1, 0.15) is 0 Å². The summed E-state index contributed by atoms with van der Waals surface area (Å²) in [5, 5.41) is 12.9. The van der Waals surface area contributed by atoms with E-state index in [9.17, 15) is 9.90 Å². The van der Waals surface area contributed by atoms with Crippen molar-refractivity contribution in [2.24, 2.45) is 5.41 Å². The Kier molecular flexibility index (Phi) is 5.14. The fraction of sp³-hybridized carbons (Fsp3) is 0.650. The Morgan fingerprint density at radius 2 is 1.79 bits per heavy atom. The van der Waals surface area contributed by atoms with Crippen molar-refractivity contribution in [3.63, 3.8) is 0 Å². The molecule has 132 valence electrons. The zero-order chi connectivity index (χ0) is 17.2. The van der Waals surface area contributed by atoms with E-state index in [1.54, 1.807) is 0 Å². The highest BCUT2D eigenvalue weighted by Crippen LogP contribution is 2.35. The van der Waals surface area contributed by atoms with Crippen molar-refractivity contribution in [3.05, 3.63) is 29.8 Å². The number of amides is 1. The summed E-state index contributed by atoms with van der Waals surface area (Å²) in [6.45, 7) is 6.27. The lowest BCUT2D eigenvalue weighted by molar-refractivity contribution is 0.0853. The fourth-order valence-electron chi connectivity index (χ4n) is 3.95. The summed E-state index contributed by atoms with van der Waals surface area (Å²) in [5.74, 6) is 0.0376. The summed E-state index contributed by atoms with van der Waals surface area (Å²) in [4.78, 5) is 14.8. The van der Waals surface area contributed by atoms with E-state index >= 15 is 0 Å². The lowest BCUT2D eigenvalue weighted by Crippen LogP contribution is -2.46. The van der Waals surface area contributed by atoms with Crippen LogP contribution in [0.4, 0.5) is 5.69 Å². The van der Waals surface area contributed by atoms with Crippen LogP contribution in [-0.2, 0) is 0 Å². The number of rotatable bonds is 3. The SMILES string of the molecule is CC1(C)CCCCC1NC(=O)c1ccc(N2CCC(O)CC2)cc1. The molecule has 1 aromatic rings. The van der Waals surface area contributed by atoms with Crippen LogP contribution in [-0.4, -0.2) is 36.2 Å². The average Bonchev–Trinajstić information content (AvgIpc) is 2.57. The molecule has 1 unspecified atom stereocenters. The smallest absolute Gasteiger partial charge is 0.251 e. The van der Waals surface area contributed by atoms with Gasteiger partial charge in [-0.15, -0.1) is 0 Å². The van der Waals surface area contributed by atoms with Crippen LogP contribution in [0.2, 0.25) is 0 Å². The van der Waals surface area contributed by atoms with Gasteiger partial charge in [0.2, 0.25) is 0 Å². The molecule has 2 N–H and O–H groups in total. The zero-order valence-corrected chi connectivity index (χ0v) is 14.9. The molecular formula is C20H30N2O2. The van der Waals surface area contributed by atoms with E-state index in [2.05, 4.69) is 24.1 Å². The summed E-state index contributed by atoms with van der Waals surface area (Å²) in [6, 6.07) is 8.16. The second kappa shape index (κ2) is 7.14. The molecular weight excluding hydrogens is 300 g/mol. The molecule has 1 aromatic carbocycles. The van der Waals surface area contributed by atoms with E-state index < -0.39 is 0 Å². The minimum Gasteiger partial charge on any atom is -0.393 e. The largest absolute Gasteiger partial charge is 0.393 e. The molecule has 2 fully saturated rings. The van der Waals surface area contributed by atoms with Crippen LogP contribution in [0.3, 0.4) is 0 Å². The van der Waals surface area contributed by atoms with Gasteiger partial charge in [-0.25, -0.2) is 0 Å². The zero-order valence-electron chi connectivity index (χ0n) is 14.9. The van der Waals surface area contributed by atoms with E-state index in [-0.39, 0.29) is 23.5 Å². The van der Waals surface area contributed by atoms with Gasteiger partial charge in [0.25, 0.3) is 5.91 Å². The number of hydrogen-bond acceptors (Lipinski definition) is 3. The highest BCUT2D eigenvalue weighted by atomic mass is 16.3. The number of piperidine rings is 1. The Morgan fingerprint density at radius 3 is 2.42 bits per heavy atom. The first kappa shape index (κ1) is 17.3. The number of carbonyl (C=O) groups excluding carboxylic acids is 1. The van der Waals surface area contributed by atoms with Crippen LogP contribution in [0.15, 0.2) is 24.3 Å². The molecule has 2 aliphatic rings. The van der Waals surface area contributed by atoms with E-state index in [1.807, 2.05) is 24.3 Å². The Hall–Kier alpha value is -1.55. The summed E-state index contributed by atoms with van der Waals surface area (Å²) >= 11 is 0. The van der Waals surface area contributed by atoms with Crippen LogP contribution in [0.5, 0.6) is 0 Å². The van der Waals surface area contributed by atoms with Crippen molar-refractivity contribution >= 4 is 11.6 Å². The van der Waals surface area contributed by atoms with Gasteiger partial charge in [0.15, 0.2) is 0 Å². The quantitative estimate of drug-likeness (QED) is 0.893. The molecule has 0 aromatic heterocycles. The van der Waals surface area contributed by atoms with Crippen LogP contribution >= 0.6 is 0 Å². The maximum Gasteiger partial charge on any atom is 0.251 e. The average molecular weight is 330 g/mol. The molecule has 0 bridgehead atoms. The third-order valence-corrected chi connectivity index (χ3v) is 5.77. The van der Waals surface area contributed by atoms with E-state index in [0.29, 0.717) is 0 Å². The van der Waals surface area contributed by atoms with Gasteiger partial charge in [0.05, 0.1) is 6.10 Å². The molecule has 1 aliphatic heterocycles. The van der Waals surface area contributed by atoms with Gasteiger partial charge >= 0.3 is 0 Å². The molecule has 1 saturated heterocycles. The van der Waals surface area contributed by atoms with E-state index in [1.165, 1.54) is 19.3 Å². The number of aliphatic hydroxyl groups is 1. The van der Waals surface area contributed by atoms with Gasteiger partial charge in [-0.1, -0.05) is 26.7 Å². The van der Waals surface area contributed by atoms with Crippen molar-refractivity contribution in [1.29, 1.82) is 0 Å². The molecule has 1 aliphatic carbocycles. The highest BCUT2D eigenvalue weighted by molar-refractivity contribution is 5.94. The molecule has 0 spiro atoms. The van der Waals surface area contributed by atoms with Gasteiger partial charge in [0, 0.05) is 30.4 Å².